The van der Waals surface area contributed by atoms with Gasteiger partial charge in [0, 0.05) is 11.0 Å². The highest BCUT2D eigenvalue weighted by molar-refractivity contribution is 9.10. The van der Waals surface area contributed by atoms with Gasteiger partial charge >= 0.3 is 0 Å². The van der Waals surface area contributed by atoms with Crippen molar-refractivity contribution in [2.45, 2.75) is 13.0 Å². The van der Waals surface area contributed by atoms with Crippen molar-refractivity contribution < 1.29 is 13.9 Å². The standard InChI is InChI=1S/C15H14BrF2NO/c1-9-5-6-12(17)15(14(9)18)19-8-13(20)10-3-2-4-11(16)7-10/h2-7,13,19-20H,8H2,1H3. The predicted molar refractivity (Wildman–Crippen MR) is 78.7 cm³/mol. The topological polar surface area (TPSA) is 32.3 Å². The molecule has 0 aromatic heterocycles. The zero-order chi connectivity index (χ0) is 14.7. The van der Waals surface area contributed by atoms with Gasteiger partial charge in [-0.25, -0.2) is 8.78 Å². The first kappa shape index (κ1) is 14.9. The fourth-order valence-corrected chi connectivity index (χ4v) is 2.27. The minimum atomic E-state index is -0.855. The summed E-state index contributed by atoms with van der Waals surface area (Å²) in [4.78, 5) is 0. The van der Waals surface area contributed by atoms with Gasteiger partial charge in [-0.05, 0) is 36.2 Å². The maximum Gasteiger partial charge on any atom is 0.152 e. The summed E-state index contributed by atoms with van der Waals surface area (Å²) in [7, 11) is 0. The third kappa shape index (κ3) is 3.35. The number of aryl methyl sites for hydroxylation is 1. The van der Waals surface area contributed by atoms with Crippen molar-refractivity contribution in [2.75, 3.05) is 11.9 Å². The van der Waals surface area contributed by atoms with Crippen molar-refractivity contribution in [1.82, 2.24) is 0 Å². The molecule has 0 aliphatic rings. The molecule has 2 nitrogen and oxygen atoms in total. The molecule has 2 rings (SSSR count). The molecule has 0 saturated heterocycles. The Kier molecular flexibility index (Phi) is 4.73. The van der Waals surface area contributed by atoms with Crippen LogP contribution in [0.4, 0.5) is 14.5 Å². The quantitative estimate of drug-likeness (QED) is 0.874. The van der Waals surface area contributed by atoms with Gasteiger partial charge in [0.25, 0.3) is 0 Å². The van der Waals surface area contributed by atoms with Gasteiger partial charge < -0.3 is 10.4 Å². The average molecular weight is 342 g/mol. The van der Waals surface area contributed by atoms with Crippen LogP contribution in [0.25, 0.3) is 0 Å². The molecule has 0 heterocycles. The van der Waals surface area contributed by atoms with Crippen LogP contribution in [-0.4, -0.2) is 11.7 Å². The minimum Gasteiger partial charge on any atom is -0.387 e. The molecule has 0 amide bonds. The monoisotopic (exact) mass is 341 g/mol. The molecule has 0 saturated carbocycles. The van der Waals surface area contributed by atoms with E-state index in [0.717, 1.165) is 4.47 Å². The molecule has 20 heavy (non-hydrogen) atoms. The number of aliphatic hydroxyl groups excluding tert-OH is 1. The molecule has 2 aromatic rings. The lowest BCUT2D eigenvalue weighted by molar-refractivity contribution is 0.191. The highest BCUT2D eigenvalue weighted by Crippen LogP contribution is 2.23. The van der Waals surface area contributed by atoms with Crippen molar-refractivity contribution in [3.63, 3.8) is 0 Å². The van der Waals surface area contributed by atoms with E-state index in [0.29, 0.717) is 11.1 Å². The first-order chi connectivity index (χ1) is 9.49. The van der Waals surface area contributed by atoms with E-state index in [1.807, 2.05) is 6.07 Å². The van der Waals surface area contributed by atoms with Crippen molar-refractivity contribution in [3.05, 3.63) is 63.6 Å². The highest BCUT2D eigenvalue weighted by Gasteiger charge is 2.14. The number of halogens is 3. The number of anilines is 1. The van der Waals surface area contributed by atoms with E-state index in [-0.39, 0.29) is 12.2 Å². The Hall–Kier alpha value is -1.46. The van der Waals surface area contributed by atoms with Crippen molar-refractivity contribution in [1.29, 1.82) is 0 Å². The summed E-state index contributed by atoms with van der Waals surface area (Å²) >= 11 is 3.31. The average Bonchev–Trinajstić information content (AvgIpc) is 2.43. The largest absolute Gasteiger partial charge is 0.387 e. The van der Waals surface area contributed by atoms with Gasteiger partial charge in [-0.3, -0.25) is 0 Å². The minimum absolute atomic E-state index is 0.0216. The van der Waals surface area contributed by atoms with E-state index in [9.17, 15) is 13.9 Å². The molecule has 0 radical (unpaired) electrons. The summed E-state index contributed by atoms with van der Waals surface area (Å²) in [5.74, 6) is -1.30. The van der Waals surface area contributed by atoms with Gasteiger partial charge in [0.05, 0.1) is 6.10 Å². The lowest BCUT2D eigenvalue weighted by Gasteiger charge is -2.15. The van der Waals surface area contributed by atoms with Crippen molar-refractivity contribution >= 4 is 21.6 Å². The third-order valence-corrected chi connectivity index (χ3v) is 3.48. The number of nitrogens with one attached hydrogen (secondary N) is 1. The van der Waals surface area contributed by atoms with E-state index in [1.54, 1.807) is 25.1 Å². The summed E-state index contributed by atoms with van der Waals surface area (Å²) in [5, 5.41) is 12.7. The zero-order valence-corrected chi connectivity index (χ0v) is 12.4. The van der Waals surface area contributed by atoms with Gasteiger partial charge in [0.2, 0.25) is 0 Å². The number of benzene rings is 2. The van der Waals surface area contributed by atoms with Crippen LogP contribution in [0.1, 0.15) is 17.2 Å². The Balaban J connectivity index is 2.11. The number of hydrogen-bond donors (Lipinski definition) is 2. The molecule has 1 unspecified atom stereocenters. The molecule has 0 aliphatic heterocycles. The second kappa shape index (κ2) is 6.33. The van der Waals surface area contributed by atoms with Gasteiger partial charge in [0.15, 0.2) is 5.82 Å². The van der Waals surface area contributed by atoms with Gasteiger partial charge in [0.1, 0.15) is 11.5 Å². The Labute approximate surface area is 124 Å². The van der Waals surface area contributed by atoms with Crippen LogP contribution in [0.5, 0.6) is 0 Å². The maximum atomic E-state index is 13.8. The van der Waals surface area contributed by atoms with E-state index < -0.39 is 17.7 Å². The molecule has 106 valence electrons. The molecular weight excluding hydrogens is 328 g/mol. The van der Waals surface area contributed by atoms with E-state index in [1.165, 1.54) is 12.1 Å². The summed E-state index contributed by atoms with van der Waals surface area (Å²) in [6.45, 7) is 1.58. The Bertz CT molecular complexity index is 619. The Morgan fingerprint density at radius 1 is 1.25 bits per heavy atom. The van der Waals surface area contributed by atoms with Crippen LogP contribution < -0.4 is 5.32 Å². The fraction of sp³-hybridized carbons (Fsp3) is 0.200. The molecule has 0 bridgehead atoms. The predicted octanol–water partition coefficient (Wildman–Crippen LogP) is 4.18. The molecule has 0 aliphatic carbocycles. The molecule has 2 N–H and O–H groups in total. The number of hydrogen-bond acceptors (Lipinski definition) is 2. The summed E-state index contributed by atoms with van der Waals surface area (Å²) < 4.78 is 28.2. The van der Waals surface area contributed by atoms with Gasteiger partial charge in [-0.2, -0.15) is 0 Å². The maximum absolute atomic E-state index is 13.8. The lowest BCUT2D eigenvalue weighted by atomic mass is 10.1. The number of rotatable bonds is 4. The van der Waals surface area contributed by atoms with Crippen LogP contribution in [0.2, 0.25) is 0 Å². The Morgan fingerprint density at radius 2 is 2.00 bits per heavy atom. The molecule has 0 fully saturated rings. The highest BCUT2D eigenvalue weighted by atomic mass is 79.9. The SMILES string of the molecule is Cc1ccc(F)c(NCC(O)c2cccc(Br)c2)c1F. The normalized spacial score (nSPS) is 12.2. The third-order valence-electron chi connectivity index (χ3n) is 2.99. The number of aliphatic hydroxyl groups is 1. The molecule has 2 aromatic carbocycles. The first-order valence-electron chi connectivity index (χ1n) is 6.11. The molecular formula is C15H14BrF2NO. The van der Waals surface area contributed by atoms with Crippen LogP contribution >= 0.6 is 15.9 Å². The molecule has 5 heteroatoms. The lowest BCUT2D eigenvalue weighted by Crippen LogP contribution is -2.14. The molecule has 0 spiro atoms. The second-order valence-corrected chi connectivity index (χ2v) is 5.42. The van der Waals surface area contributed by atoms with E-state index in [4.69, 9.17) is 0 Å². The van der Waals surface area contributed by atoms with E-state index in [2.05, 4.69) is 21.2 Å². The first-order valence-corrected chi connectivity index (χ1v) is 6.90. The second-order valence-electron chi connectivity index (χ2n) is 4.50. The van der Waals surface area contributed by atoms with Crippen molar-refractivity contribution in [2.24, 2.45) is 0 Å². The summed E-state index contributed by atoms with van der Waals surface area (Å²) in [5.41, 5.74) is 0.810. The molecule has 1 atom stereocenters. The zero-order valence-electron chi connectivity index (χ0n) is 10.8. The fourth-order valence-electron chi connectivity index (χ4n) is 1.85. The van der Waals surface area contributed by atoms with Crippen LogP contribution in [0, 0.1) is 18.6 Å². The van der Waals surface area contributed by atoms with Crippen molar-refractivity contribution in [3.8, 4) is 0 Å². The summed E-state index contributed by atoms with van der Waals surface area (Å²) in [6, 6.07) is 9.71. The summed E-state index contributed by atoms with van der Waals surface area (Å²) in [6.07, 6.45) is -0.855. The van der Waals surface area contributed by atoms with Gasteiger partial charge in [-0.15, -0.1) is 0 Å². The van der Waals surface area contributed by atoms with E-state index >= 15 is 0 Å². The van der Waals surface area contributed by atoms with Gasteiger partial charge in [-0.1, -0.05) is 34.1 Å². The smallest absolute Gasteiger partial charge is 0.152 e. The van der Waals surface area contributed by atoms with Crippen LogP contribution in [-0.2, 0) is 0 Å². The van der Waals surface area contributed by atoms with Crippen LogP contribution in [0.15, 0.2) is 40.9 Å². The van der Waals surface area contributed by atoms with Crippen LogP contribution in [0.3, 0.4) is 0 Å². The Morgan fingerprint density at radius 3 is 2.70 bits per heavy atom.